The fourth-order valence-electron chi connectivity index (χ4n) is 1.54. The first-order chi connectivity index (χ1) is 8.20. The molecule has 4 nitrogen and oxygen atoms in total. The molecule has 17 heavy (non-hydrogen) atoms. The Morgan fingerprint density at radius 1 is 1.47 bits per heavy atom. The minimum absolute atomic E-state index is 0.0962. The lowest BCUT2D eigenvalue weighted by Crippen LogP contribution is -2.00. The maximum atomic E-state index is 13.5. The van der Waals surface area contributed by atoms with Crippen LogP contribution in [0.15, 0.2) is 30.6 Å². The number of nitrogens with zero attached hydrogens (tertiary/aromatic N) is 2. The van der Waals surface area contributed by atoms with Crippen LogP contribution in [0.3, 0.4) is 0 Å². The van der Waals surface area contributed by atoms with Crippen LogP contribution in [0.1, 0.15) is 11.1 Å². The van der Waals surface area contributed by atoms with Crippen molar-refractivity contribution in [2.24, 2.45) is 7.05 Å². The Hall–Kier alpha value is -1.88. The molecule has 0 aliphatic rings. The maximum Gasteiger partial charge on any atom is 0.165 e. The number of aliphatic hydroxyl groups is 1. The fraction of sp³-hybridized carbons (Fsp3) is 0.250. The number of aromatic nitrogens is 2. The number of para-hydroxylation sites is 1. The van der Waals surface area contributed by atoms with E-state index in [9.17, 15) is 4.39 Å². The third-order valence-corrected chi connectivity index (χ3v) is 2.36. The molecule has 0 fully saturated rings. The zero-order chi connectivity index (χ0) is 12.3. The average Bonchev–Trinajstić information content (AvgIpc) is 2.73. The van der Waals surface area contributed by atoms with E-state index in [-0.39, 0.29) is 19.0 Å². The standard InChI is InChI=1S/C12H13FN2O2/c1-15-6-9(5-14-15)8-17-12-10(7-16)3-2-4-11(12)13/h2-6,16H,7-8H2,1H3. The maximum absolute atomic E-state index is 13.5. The van der Waals surface area contributed by atoms with Gasteiger partial charge in [-0.25, -0.2) is 4.39 Å². The van der Waals surface area contributed by atoms with Crippen molar-refractivity contribution in [2.75, 3.05) is 0 Å². The Morgan fingerprint density at radius 2 is 2.29 bits per heavy atom. The van der Waals surface area contributed by atoms with E-state index in [2.05, 4.69) is 5.10 Å². The topological polar surface area (TPSA) is 47.3 Å². The second kappa shape index (κ2) is 4.97. The summed E-state index contributed by atoms with van der Waals surface area (Å²) in [7, 11) is 1.80. The van der Waals surface area contributed by atoms with Gasteiger partial charge in [0.25, 0.3) is 0 Å². The Balaban J connectivity index is 2.13. The predicted octanol–water partition coefficient (Wildman–Crippen LogP) is 1.63. The van der Waals surface area contributed by atoms with Crippen LogP contribution in [-0.4, -0.2) is 14.9 Å². The molecule has 0 spiro atoms. The van der Waals surface area contributed by atoms with Gasteiger partial charge in [-0.15, -0.1) is 0 Å². The van der Waals surface area contributed by atoms with Gasteiger partial charge in [0.15, 0.2) is 11.6 Å². The van der Waals surface area contributed by atoms with Gasteiger partial charge in [0.2, 0.25) is 0 Å². The summed E-state index contributed by atoms with van der Waals surface area (Å²) < 4.78 is 20.5. The smallest absolute Gasteiger partial charge is 0.165 e. The van der Waals surface area contributed by atoms with Gasteiger partial charge in [0.05, 0.1) is 12.8 Å². The highest BCUT2D eigenvalue weighted by molar-refractivity contribution is 5.34. The molecule has 0 saturated carbocycles. The monoisotopic (exact) mass is 236 g/mol. The van der Waals surface area contributed by atoms with Crippen molar-refractivity contribution < 1.29 is 14.2 Å². The van der Waals surface area contributed by atoms with Crippen molar-refractivity contribution in [1.29, 1.82) is 0 Å². The van der Waals surface area contributed by atoms with Gasteiger partial charge in [0, 0.05) is 24.4 Å². The van der Waals surface area contributed by atoms with E-state index < -0.39 is 5.82 Å². The quantitative estimate of drug-likeness (QED) is 0.877. The molecule has 1 aromatic heterocycles. The third-order valence-electron chi connectivity index (χ3n) is 2.36. The molecule has 0 radical (unpaired) electrons. The summed E-state index contributed by atoms with van der Waals surface area (Å²) in [6.07, 6.45) is 3.44. The van der Waals surface area contributed by atoms with E-state index in [0.717, 1.165) is 5.56 Å². The molecule has 1 heterocycles. The van der Waals surface area contributed by atoms with E-state index in [1.165, 1.54) is 12.1 Å². The van der Waals surface area contributed by atoms with Crippen LogP contribution in [0, 0.1) is 5.82 Å². The van der Waals surface area contributed by atoms with Crippen LogP contribution in [0.25, 0.3) is 0 Å². The third kappa shape index (κ3) is 2.62. The van der Waals surface area contributed by atoms with Crippen LogP contribution >= 0.6 is 0 Å². The highest BCUT2D eigenvalue weighted by atomic mass is 19.1. The van der Waals surface area contributed by atoms with Crippen molar-refractivity contribution in [1.82, 2.24) is 9.78 Å². The molecular formula is C12H13FN2O2. The Kier molecular flexibility index (Phi) is 3.39. The summed E-state index contributed by atoms with van der Waals surface area (Å²) in [5.74, 6) is -0.376. The van der Waals surface area contributed by atoms with Crippen LogP contribution in [0.2, 0.25) is 0 Å². The molecule has 0 aliphatic carbocycles. The van der Waals surface area contributed by atoms with E-state index in [1.807, 2.05) is 0 Å². The highest BCUT2D eigenvalue weighted by Gasteiger charge is 2.09. The minimum Gasteiger partial charge on any atom is -0.485 e. The molecule has 0 amide bonds. The molecular weight excluding hydrogens is 223 g/mol. The van der Waals surface area contributed by atoms with Gasteiger partial charge in [-0.2, -0.15) is 5.10 Å². The first kappa shape index (κ1) is 11.6. The molecule has 1 aromatic carbocycles. The normalized spacial score (nSPS) is 10.5. The summed E-state index contributed by atoms with van der Waals surface area (Å²) in [5, 5.41) is 13.1. The zero-order valence-corrected chi connectivity index (χ0v) is 9.43. The largest absolute Gasteiger partial charge is 0.485 e. The second-order valence-corrected chi connectivity index (χ2v) is 3.70. The molecule has 0 saturated heterocycles. The SMILES string of the molecule is Cn1cc(COc2c(F)cccc2CO)cn1. The molecule has 0 atom stereocenters. The molecule has 0 bridgehead atoms. The predicted molar refractivity (Wildman–Crippen MR) is 59.9 cm³/mol. The summed E-state index contributed by atoms with van der Waals surface area (Å²) in [5.41, 5.74) is 1.29. The number of halogens is 1. The van der Waals surface area contributed by atoms with Gasteiger partial charge in [-0.1, -0.05) is 12.1 Å². The number of benzene rings is 1. The highest BCUT2D eigenvalue weighted by Crippen LogP contribution is 2.23. The zero-order valence-electron chi connectivity index (χ0n) is 9.43. The second-order valence-electron chi connectivity index (χ2n) is 3.70. The number of rotatable bonds is 4. The lowest BCUT2D eigenvalue weighted by Gasteiger charge is -2.09. The molecule has 0 aliphatic heterocycles. The molecule has 2 aromatic rings. The summed E-state index contributed by atoms with van der Waals surface area (Å²) in [4.78, 5) is 0. The van der Waals surface area contributed by atoms with Crippen molar-refractivity contribution in [3.8, 4) is 5.75 Å². The molecule has 2 rings (SSSR count). The number of aryl methyl sites for hydroxylation is 1. The Bertz CT molecular complexity index is 511. The molecule has 5 heteroatoms. The number of ether oxygens (including phenoxy) is 1. The minimum atomic E-state index is -0.472. The summed E-state index contributed by atoms with van der Waals surface area (Å²) in [6, 6.07) is 4.47. The van der Waals surface area contributed by atoms with Gasteiger partial charge >= 0.3 is 0 Å². The fourth-order valence-corrected chi connectivity index (χ4v) is 1.54. The van der Waals surface area contributed by atoms with Crippen LogP contribution < -0.4 is 4.74 Å². The van der Waals surface area contributed by atoms with E-state index in [4.69, 9.17) is 9.84 Å². The number of hydrogen-bond donors (Lipinski definition) is 1. The van der Waals surface area contributed by atoms with Crippen molar-refractivity contribution in [2.45, 2.75) is 13.2 Å². The summed E-state index contributed by atoms with van der Waals surface area (Å²) >= 11 is 0. The van der Waals surface area contributed by atoms with Gasteiger partial charge in [-0.05, 0) is 6.07 Å². The van der Waals surface area contributed by atoms with Gasteiger partial charge in [0.1, 0.15) is 6.61 Å². The molecule has 1 N–H and O–H groups in total. The van der Waals surface area contributed by atoms with Gasteiger partial charge in [-0.3, -0.25) is 4.68 Å². The average molecular weight is 236 g/mol. The van der Waals surface area contributed by atoms with E-state index in [0.29, 0.717) is 5.56 Å². The lowest BCUT2D eigenvalue weighted by atomic mass is 10.2. The van der Waals surface area contributed by atoms with E-state index in [1.54, 1.807) is 30.2 Å². The van der Waals surface area contributed by atoms with Crippen molar-refractivity contribution in [3.05, 3.63) is 47.5 Å². The van der Waals surface area contributed by atoms with Gasteiger partial charge < -0.3 is 9.84 Å². The number of aliphatic hydroxyl groups excluding tert-OH is 1. The number of hydrogen-bond acceptors (Lipinski definition) is 3. The molecule has 0 unspecified atom stereocenters. The summed E-state index contributed by atoms with van der Waals surface area (Å²) in [6.45, 7) is -0.0259. The lowest BCUT2D eigenvalue weighted by molar-refractivity contribution is 0.251. The van der Waals surface area contributed by atoms with Crippen molar-refractivity contribution >= 4 is 0 Å². The Labute approximate surface area is 98.3 Å². The van der Waals surface area contributed by atoms with Crippen LogP contribution in [-0.2, 0) is 20.3 Å². The van der Waals surface area contributed by atoms with Crippen LogP contribution in [0.5, 0.6) is 5.75 Å². The Morgan fingerprint density at radius 3 is 2.94 bits per heavy atom. The first-order valence-corrected chi connectivity index (χ1v) is 5.19. The van der Waals surface area contributed by atoms with Crippen molar-refractivity contribution in [3.63, 3.8) is 0 Å². The van der Waals surface area contributed by atoms with E-state index >= 15 is 0 Å². The molecule has 90 valence electrons. The van der Waals surface area contributed by atoms with Crippen LogP contribution in [0.4, 0.5) is 4.39 Å². The first-order valence-electron chi connectivity index (χ1n) is 5.19.